The zero-order valence-electron chi connectivity index (χ0n) is 15.0. The van der Waals surface area contributed by atoms with Gasteiger partial charge < -0.3 is 5.32 Å². The lowest BCUT2D eigenvalue weighted by molar-refractivity contribution is 0.0939. The highest BCUT2D eigenvalue weighted by molar-refractivity contribution is 7.10. The van der Waals surface area contributed by atoms with Gasteiger partial charge in [0.05, 0.1) is 17.8 Å². The Morgan fingerprint density at radius 2 is 2.15 bits per heavy atom. The van der Waals surface area contributed by atoms with Gasteiger partial charge in [-0.15, -0.1) is 11.3 Å². The number of pyridine rings is 1. The van der Waals surface area contributed by atoms with Gasteiger partial charge in [-0.2, -0.15) is 5.10 Å². The molecule has 3 aromatic heterocycles. The van der Waals surface area contributed by atoms with Crippen LogP contribution in [0.4, 0.5) is 0 Å². The van der Waals surface area contributed by atoms with E-state index in [2.05, 4.69) is 15.4 Å². The Hall–Kier alpha value is -2.47. The molecule has 1 unspecified atom stereocenters. The second-order valence-electron chi connectivity index (χ2n) is 6.74. The molecule has 0 spiro atoms. The molecule has 0 saturated carbocycles. The minimum absolute atomic E-state index is 0.0156. The fourth-order valence-electron chi connectivity index (χ4n) is 3.59. The Balaban J connectivity index is 1.54. The first-order valence-electron chi connectivity index (χ1n) is 9.01. The summed E-state index contributed by atoms with van der Waals surface area (Å²) in [6.45, 7) is 4.01. The molecule has 1 aliphatic rings. The minimum Gasteiger partial charge on any atom is -0.345 e. The summed E-state index contributed by atoms with van der Waals surface area (Å²) in [5.41, 5.74) is 4.11. The maximum absolute atomic E-state index is 12.8. The summed E-state index contributed by atoms with van der Waals surface area (Å²) < 4.78 is 1.81. The zero-order valence-corrected chi connectivity index (χ0v) is 15.8. The third-order valence-corrected chi connectivity index (χ3v) is 6.12. The van der Waals surface area contributed by atoms with Gasteiger partial charge in [0.1, 0.15) is 0 Å². The molecule has 4 rings (SSSR count). The number of aryl methyl sites for hydroxylation is 1. The van der Waals surface area contributed by atoms with Gasteiger partial charge in [0.2, 0.25) is 0 Å². The molecule has 5 nitrogen and oxygen atoms in total. The molecule has 0 aromatic carbocycles. The highest BCUT2D eigenvalue weighted by atomic mass is 32.1. The molecule has 3 heterocycles. The fourth-order valence-corrected chi connectivity index (χ4v) is 4.72. The monoisotopic (exact) mass is 366 g/mol. The molecule has 0 radical (unpaired) electrons. The van der Waals surface area contributed by atoms with Crippen molar-refractivity contribution in [3.05, 3.63) is 63.2 Å². The number of thiophene rings is 1. The number of amides is 1. The van der Waals surface area contributed by atoms with Crippen LogP contribution in [-0.4, -0.2) is 20.7 Å². The third kappa shape index (κ3) is 3.05. The predicted molar refractivity (Wildman–Crippen MR) is 103 cm³/mol. The first-order chi connectivity index (χ1) is 12.6. The van der Waals surface area contributed by atoms with Gasteiger partial charge in [-0.3, -0.25) is 4.79 Å². The number of rotatable bonds is 4. The number of nitrogens with zero attached hydrogens (tertiary/aromatic N) is 3. The number of fused-ring (bicyclic) bond motifs is 1. The molecule has 26 heavy (non-hydrogen) atoms. The summed E-state index contributed by atoms with van der Waals surface area (Å²) in [5, 5.41) is 9.62. The first-order valence-corrected chi connectivity index (χ1v) is 9.89. The minimum atomic E-state index is -0.112. The molecule has 6 heteroatoms. The summed E-state index contributed by atoms with van der Waals surface area (Å²) in [4.78, 5) is 18.5. The van der Waals surface area contributed by atoms with E-state index in [-0.39, 0.29) is 11.9 Å². The molecule has 1 N–H and O–H groups in total. The fraction of sp³-hybridized carbons (Fsp3) is 0.350. The van der Waals surface area contributed by atoms with Crippen molar-refractivity contribution < 1.29 is 4.79 Å². The van der Waals surface area contributed by atoms with E-state index >= 15 is 0 Å². The summed E-state index contributed by atoms with van der Waals surface area (Å²) in [6.07, 6.45) is 8.11. The van der Waals surface area contributed by atoms with Crippen LogP contribution in [-0.2, 0) is 12.8 Å². The van der Waals surface area contributed by atoms with E-state index < -0.39 is 0 Å². The van der Waals surface area contributed by atoms with Crippen LogP contribution in [0.5, 0.6) is 0 Å². The second kappa shape index (κ2) is 7.03. The molecular weight excluding hydrogens is 344 g/mol. The molecule has 1 aliphatic carbocycles. The van der Waals surface area contributed by atoms with Crippen LogP contribution in [0.25, 0.3) is 5.82 Å². The lowest BCUT2D eigenvalue weighted by Gasteiger charge is -2.16. The first kappa shape index (κ1) is 17.0. The molecule has 3 aromatic rings. The Morgan fingerprint density at radius 1 is 1.31 bits per heavy atom. The van der Waals surface area contributed by atoms with E-state index in [1.165, 1.54) is 23.3 Å². The van der Waals surface area contributed by atoms with Gasteiger partial charge >= 0.3 is 0 Å². The SMILES string of the molecule is Cc1c(C(C)NC(=O)c2csc3c2CCCC3)cnn1-c1ccccn1. The normalized spacial score (nSPS) is 14.7. The molecule has 1 amide bonds. The van der Waals surface area contributed by atoms with E-state index in [9.17, 15) is 4.79 Å². The summed E-state index contributed by atoms with van der Waals surface area (Å²) in [5.74, 6) is 0.795. The second-order valence-corrected chi connectivity index (χ2v) is 7.70. The van der Waals surface area contributed by atoms with Crippen LogP contribution in [0.3, 0.4) is 0 Å². The summed E-state index contributed by atoms with van der Waals surface area (Å²) in [7, 11) is 0. The lowest BCUT2D eigenvalue weighted by Crippen LogP contribution is -2.27. The van der Waals surface area contributed by atoms with Gasteiger partial charge in [0, 0.05) is 27.7 Å². The molecule has 0 aliphatic heterocycles. The number of hydrogen-bond donors (Lipinski definition) is 1. The number of nitrogens with one attached hydrogen (secondary N) is 1. The lowest BCUT2D eigenvalue weighted by atomic mass is 9.95. The van der Waals surface area contributed by atoms with Crippen molar-refractivity contribution in [2.75, 3.05) is 0 Å². The van der Waals surface area contributed by atoms with E-state index in [0.717, 1.165) is 35.5 Å². The van der Waals surface area contributed by atoms with Crippen molar-refractivity contribution in [1.82, 2.24) is 20.1 Å². The number of aromatic nitrogens is 3. The smallest absolute Gasteiger partial charge is 0.252 e. The Morgan fingerprint density at radius 3 is 2.96 bits per heavy atom. The van der Waals surface area contributed by atoms with Gasteiger partial charge in [-0.1, -0.05) is 6.07 Å². The number of carbonyl (C=O) groups is 1. The van der Waals surface area contributed by atoms with Crippen LogP contribution < -0.4 is 5.32 Å². The Labute approximate surface area is 157 Å². The van der Waals surface area contributed by atoms with Crippen LogP contribution in [0.1, 0.15) is 57.9 Å². The molecule has 134 valence electrons. The van der Waals surface area contributed by atoms with Gasteiger partial charge in [-0.05, 0) is 57.2 Å². The van der Waals surface area contributed by atoms with E-state index in [1.54, 1.807) is 17.5 Å². The maximum Gasteiger partial charge on any atom is 0.252 e. The third-order valence-electron chi connectivity index (χ3n) is 5.03. The highest BCUT2D eigenvalue weighted by Gasteiger charge is 2.22. The predicted octanol–water partition coefficient (Wildman–Crippen LogP) is 4.01. The van der Waals surface area contributed by atoms with Crippen molar-refractivity contribution in [3.63, 3.8) is 0 Å². The topological polar surface area (TPSA) is 59.8 Å². The Kier molecular flexibility index (Phi) is 4.59. The zero-order chi connectivity index (χ0) is 18.1. The standard InChI is InChI=1S/C20H22N4OS/c1-13(16-11-22-24(14(16)2)19-9-5-6-10-21-19)23-20(25)17-12-26-18-8-4-3-7-15(17)18/h5-6,9-13H,3-4,7-8H2,1-2H3,(H,23,25). The quantitative estimate of drug-likeness (QED) is 0.759. The largest absolute Gasteiger partial charge is 0.345 e. The van der Waals surface area contributed by atoms with E-state index in [0.29, 0.717) is 0 Å². The highest BCUT2D eigenvalue weighted by Crippen LogP contribution is 2.30. The number of carbonyl (C=O) groups excluding carboxylic acids is 1. The maximum atomic E-state index is 12.8. The Bertz CT molecular complexity index is 929. The van der Waals surface area contributed by atoms with Crippen molar-refractivity contribution in [1.29, 1.82) is 0 Å². The number of hydrogen-bond acceptors (Lipinski definition) is 4. The average molecular weight is 366 g/mol. The van der Waals surface area contributed by atoms with Crippen LogP contribution in [0, 0.1) is 6.92 Å². The van der Waals surface area contributed by atoms with Gasteiger partial charge in [0.15, 0.2) is 5.82 Å². The van der Waals surface area contributed by atoms with E-state index in [1.807, 2.05) is 48.3 Å². The average Bonchev–Trinajstić information content (AvgIpc) is 3.26. The van der Waals surface area contributed by atoms with Crippen molar-refractivity contribution >= 4 is 17.2 Å². The van der Waals surface area contributed by atoms with Crippen LogP contribution in [0.15, 0.2) is 36.0 Å². The van der Waals surface area contributed by atoms with Crippen molar-refractivity contribution in [3.8, 4) is 5.82 Å². The van der Waals surface area contributed by atoms with Crippen molar-refractivity contribution in [2.24, 2.45) is 0 Å². The molecule has 0 bridgehead atoms. The molecule has 0 fully saturated rings. The van der Waals surface area contributed by atoms with Gasteiger partial charge in [0.25, 0.3) is 5.91 Å². The summed E-state index contributed by atoms with van der Waals surface area (Å²) >= 11 is 1.72. The van der Waals surface area contributed by atoms with Crippen LogP contribution in [0.2, 0.25) is 0 Å². The summed E-state index contributed by atoms with van der Waals surface area (Å²) in [6, 6.07) is 5.63. The van der Waals surface area contributed by atoms with Gasteiger partial charge in [-0.25, -0.2) is 9.67 Å². The van der Waals surface area contributed by atoms with Crippen LogP contribution >= 0.6 is 11.3 Å². The molecule has 0 saturated heterocycles. The molecular formula is C20H22N4OS. The molecule has 1 atom stereocenters. The van der Waals surface area contributed by atoms with Crippen molar-refractivity contribution in [2.45, 2.75) is 45.6 Å². The van der Waals surface area contributed by atoms with E-state index in [4.69, 9.17) is 0 Å².